The Morgan fingerprint density at radius 1 is 1.17 bits per heavy atom. The van der Waals surface area contributed by atoms with Crippen LogP contribution in [-0.2, 0) is 14.3 Å². The molecule has 1 aliphatic rings. The molecule has 0 bridgehead atoms. The van der Waals surface area contributed by atoms with Gasteiger partial charge in [-0.25, -0.2) is 4.79 Å². The Balaban J connectivity index is 2.18. The van der Waals surface area contributed by atoms with Gasteiger partial charge in [0.25, 0.3) is 0 Å². The maximum absolute atomic E-state index is 13.0. The predicted molar refractivity (Wildman–Crippen MR) is 110 cm³/mol. The van der Waals surface area contributed by atoms with Crippen LogP contribution in [-0.4, -0.2) is 49.5 Å². The molecule has 8 heteroatoms. The second-order valence-electron chi connectivity index (χ2n) is 6.74. The van der Waals surface area contributed by atoms with Crippen LogP contribution in [0.2, 0.25) is 0 Å². The summed E-state index contributed by atoms with van der Waals surface area (Å²) >= 11 is 0.978. The van der Waals surface area contributed by atoms with Gasteiger partial charge in [0.1, 0.15) is 11.8 Å². The van der Waals surface area contributed by atoms with Crippen molar-refractivity contribution in [3.8, 4) is 5.75 Å². The first-order chi connectivity index (χ1) is 13.8. The van der Waals surface area contributed by atoms with Gasteiger partial charge in [-0.15, -0.1) is 11.8 Å². The number of amides is 1. The van der Waals surface area contributed by atoms with E-state index in [1.54, 1.807) is 25.1 Å². The minimum atomic E-state index is -0.766. The van der Waals surface area contributed by atoms with Crippen LogP contribution in [0.3, 0.4) is 0 Å². The Bertz CT molecular complexity index is 876. The maximum atomic E-state index is 13.0. The van der Waals surface area contributed by atoms with Gasteiger partial charge in [0.15, 0.2) is 5.78 Å². The molecular weight excluding hydrogens is 394 g/mol. The van der Waals surface area contributed by atoms with E-state index >= 15 is 0 Å². The molecule has 0 aromatic heterocycles. The molecule has 1 aromatic carbocycles. The molecule has 0 heterocycles. The molecule has 7 nitrogen and oxygen atoms in total. The van der Waals surface area contributed by atoms with E-state index in [1.165, 1.54) is 14.2 Å². The topological polar surface area (TPSA) is 98.8 Å². The second-order valence-corrected chi connectivity index (χ2v) is 7.72. The van der Waals surface area contributed by atoms with Gasteiger partial charge in [-0.1, -0.05) is 32.4 Å². The van der Waals surface area contributed by atoms with Crippen LogP contribution in [0.5, 0.6) is 5.75 Å². The number of carbonyl (C=O) groups excluding carboxylic acids is 4. The van der Waals surface area contributed by atoms with Gasteiger partial charge in [0.2, 0.25) is 11.7 Å². The first-order valence-corrected chi connectivity index (χ1v) is 10.2. The van der Waals surface area contributed by atoms with Gasteiger partial charge in [0, 0.05) is 11.1 Å². The van der Waals surface area contributed by atoms with Crippen molar-refractivity contribution in [3.63, 3.8) is 0 Å². The molecule has 0 spiro atoms. The SMILES string of the molecule is CC[C@H](C)[C@H](NC(=O)CSC1=C(C)C(=O)c2cccc(OC)c2C1=O)C(=O)OC. The number of benzene rings is 1. The highest BCUT2D eigenvalue weighted by Crippen LogP contribution is 2.36. The molecule has 0 aliphatic heterocycles. The number of methoxy groups -OCH3 is 2. The lowest BCUT2D eigenvalue weighted by atomic mass is 9.89. The number of rotatable bonds is 8. The van der Waals surface area contributed by atoms with Crippen LogP contribution in [0.1, 0.15) is 47.9 Å². The Morgan fingerprint density at radius 2 is 1.86 bits per heavy atom. The quantitative estimate of drug-likeness (QED) is 0.647. The number of hydrogen-bond acceptors (Lipinski definition) is 7. The number of ketones is 2. The van der Waals surface area contributed by atoms with E-state index in [-0.39, 0.29) is 33.7 Å². The highest BCUT2D eigenvalue weighted by molar-refractivity contribution is 8.04. The molecule has 1 N–H and O–H groups in total. The van der Waals surface area contributed by atoms with E-state index in [2.05, 4.69) is 5.32 Å². The molecule has 2 atom stereocenters. The van der Waals surface area contributed by atoms with Crippen molar-refractivity contribution in [3.05, 3.63) is 39.8 Å². The molecule has 1 aromatic rings. The summed E-state index contributed by atoms with van der Waals surface area (Å²) in [5.74, 6) is -1.45. The number of Topliss-reactive ketones (excluding diaryl/α,β-unsaturated/α-hetero) is 2. The molecule has 1 aliphatic carbocycles. The number of ether oxygens (including phenoxy) is 2. The van der Waals surface area contributed by atoms with E-state index in [0.717, 1.165) is 11.8 Å². The standard InChI is InChI=1S/C21H25NO6S/c1-6-11(2)17(21(26)28-5)22-15(23)10-29-20-12(3)18(24)13-8-7-9-14(27-4)16(13)19(20)25/h7-9,11,17H,6,10H2,1-5H3,(H,22,23)/t11-,17-/m0/s1. The zero-order valence-corrected chi connectivity index (χ0v) is 18.0. The van der Waals surface area contributed by atoms with Crippen molar-refractivity contribution >= 4 is 35.2 Å². The second kappa shape index (κ2) is 9.73. The first-order valence-electron chi connectivity index (χ1n) is 9.24. The fourth-order valence-corrected chi connectivity index (χ4v) is 3.94. The molecule has 0 saturated carbocycles. The van der Waals surface area contributed by atoms with E-state index in [9.17, 15) is 19.2 Å². The van der Waals surface area contributed by atoms with E-state index < -0.39 is 17.9 Å². The Labute approximate surface area is 174 Å². The smallest absolute Gasteiger partial charge is 0.328 e. The van der Waals surface area contributed by atoms with Crippen molar-refractivity contribution in [1.82, 2.24) is 5.32 Å². The van der Waals surface area contributed by atoms with E-state index in [1.807, 2.05) is 13.8 Å². The van der Waals surface area contributed by atoms with Crippen molar-refractivity contribution in [2.24, 2.45) is 5.92 Å². The number of allylic oxidation sites excluding steroid dienone is 2. The highest BCUT2D eigenvalue weighted by Gasteiger charge is 2.33. The molecule has 1 amide bonds. The average molecular weight is 419 g/mol. The molecule has 0 fully saturated rings. The molecular formula is C21H25NO6S. The van der Waals surface area contributed by atoms with Crippen molar-refractivity contribution < 1.29 is 28.7 Å². The summed E-state index contributed by atoms with van der Waals surface area (Å²) in [6, 6.07) is 4.09. The van der Waals surface area contributed by atoms with Gasteiger partial charge in [0.05, 0.1) is 30.4 Å². The molecule has 29 heavy (non-hydrogen) atoms. The average Bonchev–Trinajstić information content (AvgIpc) is 2.74. The van der Waals surface area contributed by atoms with E-state index in [0.29, 0.717) is 23.3 Å². The van der Waals surface area contributed by atoms with Crippen LogP contribution in [0, 0.1) is 5.92 Å². The normalized spacial score (nSPS) is 15.5. The molecule has 2 rings (SSSR count). The summed E-state index contributed by atoms with van der Waals surface area (Å²) in [6.07, 6.45) is 0.682. The number of hydrogen-bond donors (Lipinski definition) is 1. The third-order valence-corrected chi connectivity index (χ3v) is 6.12. The summed E-state index contributed by atoms with van der Waals surface area (Å²) in [5, 5.41) is 2.66. The van der Waals surface area contributed by atoms with Crippen molar-refractivity contribution in [1.29, 1.82) is 0 Å². The minimum Gasteiger partial charge on any atom is -0.496 e. The highest BCUT2D eigenvalue weighted by atomic mass is 32.2. The minimum absolute atomic E-state index is 0.105. The third-order valence-electron chi connectivity index (χ3n) is 4.94. The summed E-state index contributed by atoms with van der Waals surface area (Å²) in [5.41, 5.74) is 0.795. The summed E-state index contributed by atoms with van der Waals surface area (Å²) in [4.78, 5) is 50.2. The first kappa shape index (κ1) is 22.7. The Kier molecular flexibility index (Phi) is 7.61. The van der Waals surface area contributed by atoms with Gasteiger partial charge < -0.3 is 14.8 Å². The number of nitrogens with one attached hydrogen (secondary N) is 1. The number of thioether (sulfide) groups is 1. The van der Waals surface area contributed by atoms with Crippen molar-refractivity contribution in [2.45, 2.75) is 33.2 Å². The van der Waals surface area contributed by atoms with Crippen LogP contribution in [0.4, 0.5) is 0 Å². The van der Waals surface area contributed by atoms with Gasteiger partial charge in [-0.2, -0.15) is 0 Å². The fraction of sp³-hybridized carbons (Fsp3) is 0.429. The fourth-order valence-electron chi connectivity index (χ4n) is 3.04. The van der Waals surface area contributed by atoms with Gasteiger partial charge >= 0.3 is 5.97 Å². The zero-order chi connectivity index (χ0) is 21.7. The van der Waals surface area contributed by atoms with Crippen LogP contribution in [0.15, 0.2) is 28.7 Å². The lowest BCUT2D eigenvalue weighted by molar-refractivity contribution is -0.146. The number of esters is 1. The third kappa shape index (κ3) is 4.70. The predicted octanol–water partition coefficient (Wildman–Crippen LogP) is 2.79. The van der Waals surface area contributed by atoms with E-state index in [4.69, 9.17) is 9.47 Å². The summed E-state index contributed by atoms with van der Waals surface area (Å²) < 4.78 is 10.00. The molecule has 156 valence electrons. The molecule has 0 unspecified atom stereocenters. The summed E-state index contributed by atoms with van der Waals surface area (Å²) in [6.45, 7) is 5.32. The zero-order valence-electron chi connectivity index (χ0n) is 17.2. The van der Waals surface area contributed by atoms with Gasteiger partial charge in [-0.3, -0.25) is 14.4 Å². The van der Waals surface area contributed by atoms with Crippen LogP contribution in [0.25, 0.3) is 0 Å². The lowest BCUT2D eigenvalue weighted by Crippen LogP contribution is -2.46. The number of carbonyl (C=O) groups is 4. The Hall–Kier alpha value is -2.61. The number of fused-ring (bicyclic) bond motifs is 1. The maximum Gasteiger partial charge on any atom is 0.328 e. The molecule has 0 radical (unpaired) electrons. The largest absolute Gasteiger partial charge is 0.496 e. The Morgan fingerprint density at radius 3 is 2.45 bits per heavy atom. The van der Waals surface area contributed by atoms with Crippen molar-refractivity contribution in [2.75, 3.05) is 20.0 Å². The van der Waals surface area contributed by atoms with Crippen LogP contribution < -0.4 is 10.1 Å². The van der Waals surface area contributed by atoms with Crippen LogP contribution >= 0.6 is 11.8 Å². The molecule has 0 saturated heterocycles. The van der Waals surface area contributed by atoms with Gasteiger partial charge in [-0.05, 0) is 18.9 Å². The monoisotopic (exact) mass is 419 g/mol. The summed E-state index contributed by atoms with van der Waals surface area (Å²) in [7, 11) is 2.70. The lowest BCUT2D eigenvalue weighted by Gasteiger charge is -2.23.